The summed E-state index contributed by atoms with van der Waals surface area (Å²) >= 11 is 0. The molecule has 5 heteroatoms. The van der Waals surface area contributed by atoms with Crippen molar-refractivity contribution in [2.45, 2.75) is 6.54 Å². The van der Waals surface area contributed by atoms with Gasteiger partial charge in [0.2, 0.25) is 0 Å². The lowest BCUT2D eigenvalue weighted by atomic mass is 10.1. The third-order valence-corrected chi connectivity index (χ3v) is 2.59. The van der Waals surface area contributed by atoms with E-state index in [1.165, 1.54) is 5.39 Å². The Morgan fingerprint density at radius 3 is 3.00 bits per heavy atom. The fourth-order valence-electron chi connectivity index (χ4n) is 1.77. The Balaban J connectivity index is 1.93. The van der Waals surface area contributed by atoms with Crippen molar-refractivity contribution in [2.75, 3.05) is 13.2 Å². The van der Waals surface area contributed by atoms with Gasteiger partial charge in [0, 0.05) is 30.9 Å². The Labute approximate surface area is 105 Å². The maximum absolute atomic E-state index is 10.4. The summed E-state index contributed by atoms with van der Waals surface area (Å²) in [5.41, 5.74) is 5.98. The Morgan fingerprint density at radius 2 is 2.17 bits per heavy atom. The molecule has 18 heavy (non-hydrogen) atoms. The monoisotopic (exact) mass is 245 g/mol. The number of amides is 1. The highest BCUT2D eigenvalue weighted by atomic mass is 16.5. The molecule has 1 aromatic carbocycles. The van der Waals surface area contributed by atoms with Crippen LogP contribution in [-0.2, 0) is 11.3 Å². The third-order valence-electron chi connectivity index (χ3n) is 2.59. The third kappa shape index (κ3) is 3.18. The molecular formula is C13H15N3O2. The number of nitrogens with zero attached hydrogens (tertiary/aromatic N) is 1. The van der Waals surface area contributed by atoms with Gasteiger partial charge in [0.25, 0.3) is 0 Å². The molecular weight excluding hydrogens is 230 g/mol. The topological polar surface area (TPSA) is 77.2 Å². The second-order valence-corrected chi connectivity index (χ2v) is 3.86. The van der Waals surface area contributed by atoms with Crippen LogP contribution in [0.5, 0.6) is 0 Å². The van der Waals surface area contributed by atoms with E-state index in [-0.39, 0.29) is 6.61 Å². The molecule has 5 nitrogen and oxygen atoms in total. The van der Waals surface area contributed by atoms with Crippen molar-refractivity contribution in [3.8, 4) is 0 Å². The van der Waals surface area contributed by atoms with Crippen molar-refractivity contribution in [2.24, 2.45) is 5.73 Å². The number of hydrogen-bond donors (Lipinski definition) is 2. The Morgan fingerprint density at radius 1 is 1.33 bits per heavy atom. The first kappa shape index (κ1) is 12.3. The maximum atomic E-state index is 10.4. The van der Waals surface area contributed by atoms with Gasteiger partial charge in [-0.3, -0.25) is 4.98 Å². The number of rotatable bonds is 5. The molecule has 0 fully saturated rings. The van der Waals surface area contributed by atoms with Crippen molar-refractivity contribution in [1.29, 1.82) is 0 Å². The molecule has 0 aliphatic rings. The number of hydrogen-bond acceptors (Lipinski definition) is 4. The Bertz CT molecular complexity index is 537. The molecule has 0 aliphatic heterocycles. The van der Waals surface area contributed by atoms with E-state index in [9.17, 15) is 4.79 Å². The predicted octanol–water partition coefficient (Wildman–Crippen LogP) is 1.42. The number of ether oxygens (including phenoxy) is 1. The molecule has 0 spiro atoms. The molecule has 1 amide bonds. The van der Waals surface area contributed by atoms with Crippen LogP contribution in [0.4, 0.5) is 4.79 Å². The fourth-order valence-corrected chi connectivity index (χ4v) is 1.77. The van der Waals surface area contributed by atoms with E-state index in [1.807, 2.05) is 30.6 Å². The molecule has 0 saturated carbocycles. The largest absolute Gasteiger partial charge is 0.448 e. The summed E-state index contributed by atoms with van der Waals surface area (Å²) in [6.07, 6.45) is 2.93. The van der Waals surface area contributed by atoms with Crippen LogP contribution in [0.3, 0.4) is 0 Å². The van der Waals surface area contributed by atoms with Gasteiger partial charge in [0.1, 0.15) is 6.61 Å². The average Bonchev–Trinajstić information content (AvgIpc) is 2.38. The molecule has 3 N–H and O–H groups in total. The molecule has 2 rings (SSSR count). The lowest BCUT2D eigenvalue weighted by Crippen LogP contribution is -2.23. The minimum Gasteiger partial charge on any atom is -0.448 e. The molecule has 0 bridgehead atoms. The zero-order chi connectivity index (χ0) is 12.8. The quantitative estimate of drug-likeness (QED) is 0.781. The van der Waals surface area contributed by atoms with E-state index in [1.54, 1.807) is 0 Å². The molecule has 0 aliphatic carbocycles. The van der Waals surface area contributed by atoms with E-state index < -0.39 is 6.09 Å². The van der Waals surface area contributed by atoms with Gasteiger partial charge in [0.15, 0.2) is 0 Å². The van der Waals surface area contributed by atoms with Crippen molar-refractivity contribution >= 4 is 16.9 Å². The van der Waals surface area contributed by atoms with Gasteiger partial charge in [0.05, 0.1) is 0 Å². The van der Waals surface area contributed by atoms with Crippen molar-refractivity contribution in [1.82, 2.24) is 10.3 Å². The predicted molar refractivity (Wildman–Crippen MR) is 69.0 cm³/mol. The number of benzene rings is 1. The number of nitrogens with one attached hydrogen (secondary N) is 1. The van der Waals surface area contributed by atoms with E-state index >= 15 is 0 Å². The normalized spacial score (nSPS) is 10.4. The van der Waals surface area contributed by atoms with Crippen molar-refractivity contribution in [3.05, 3.63) is 42.2 Å². The van der Waals surface area contributed by atoms with Gasteiger partial charge < -0.3 is 15.8 Å². The van der Waals surface area contributed by atoms with Gasteiger partial charge in [-0.15, -0.1) is 0 Å². The Hall–Kier alpha value is -2.14. The van der Waals surface area contributed by atoms with Gasteiger partial charge in [-0.1, -0.05) is 24.3 Å². The zero-order valence-corrected chi connectivity index (χ0v) is 9.93. The second kappa shape index (κ2) is 5.97. The summed E-state index contributed by atoms with van der Waals surface area (Å²) in [6.45, 7) is 1.51. The van der Waals surface area contributed by atoms with E-state index in [4.69, 9.17) is 5.73 Å². The molecule has 2 aromatic rings. The van der Waals surface area contributed by atoms with Crippen LogP contribution >= 0.6 is 0 Å². The van der Waals surface area contributed by atoms with E-state index in [0.717, 1.165) is 10.9 Å². The van der Waals surface area contributed by atoms with Gasteiger partial charge >= 0.3 is 6.09 Å². The maximum Gasteiger partial charge on any atom is 0.404 e. The molecule has 0 radical (unpaired) electrons. The highest BCUT2D eigenvalue weighted by Crippen LogP contribution is 2.16. The van der Waals surface area contributed by atoms with E-state index in [0.29, 0.717) is 13.1 Å². The first-order valence-electron chi connectivity index (χ1n) is 5.72. The lowest BCUT2D eigenvalue weighted by molar-refractivity contribution is 0.157. The Kier molecular flexibility index (Phi) is 4.09. The van der Waals surface area contributed by atoms with Crippen LogP contribution in [0, 0.1) is 0 Å². The molecule has 0 atom stereocenters. The fraction of sp³-hybridized carbons (Fsp3) is 0.231. The average molecular weight is 245 g/mol. The van der Waals surface area contributed by atoms with Gasteiger partial charge in [-0.05, 0) is 10.9 Å². The molecule has 0 unspecified atom stereocenters. The van der Waals surface area contributed by atoms with Crippen LogP contribution in [0.25, 0.3) is 10.8 Å². The minimum atomic E-state index is -0.747. The summed E-state index contributed by atoms with van der Waals surface area (Å²) in [4.78, 5) is 14.6. The lowest BCUT2D eigenvalue weighted by Gasteiger charge is -2.07. The first-order chi connectivity index (χ1) is 8.77. The van der Waals surface area contributed by atoms with Crippen LogP contribution in [-0.4, -0.2) is 24.2 Å². The smallest absolute Gasteiger partial charge is 0.404 e. The number of carbonyl (C=O) groups is 1. The highest BCUT2D eigenvalue weighted by molar-refractivity contribution is 5.84. The first-order valence-corrected chi connectivity index (χ1v) is 5.72. The van der Waals surface area contributed by atoms with Gasteiger partial charge in [-0.2, -0.15) is 0 Å². The van der Waals surface area contributed by atoms with Crippen LogP contribution < -0.4 is 11.1 Å². The molecule has 1 heterocycles. The van der Waals surface area contributed by atoms with Crippen LogP contribution in [0.2, 0.25) is 0 Å². The zero-order valence-electron chi connectivity index (χ0n) is 9.93. The van der Waals surface area contributed by atoms with Crippen LogP contribution in [0.15, 0.2) is 36.7 Å². The summed E-state index contributed by atoms with van der Waals surface area (Å²) in [6, 6.07) is 8.08. The second-order valence-electron chi connectivity index (χ2n) is 3.86. The summed E-state index contributed by atoms with van der Waals surface area (Å²) < 4.78 is 4.63. The summed E-state index contributed by atoms with van der Waals surface area (Å²) in [7, 11) is 0. The highest BCUT2D eigenvalue weighted by Gasteiger charge is 2.00. The number of aromatic nitrogens is 1. The number of carbonyl (C=O) groups excluding carboxylic acids is 1. The van der Waals surface area contributed by atoms with Crippen molar-refractivity contribution in [3.63, 3.8) is 0 Å². The molecule has 94 valence electrons. The van der Waals surface area contributed by atoms with E-state index in [2.05, 4.69) is 21.1 Å². The minimum absolute atomic E-state index is 0.271. The summed E-state index contributed by atoms with van der Waals surface area (Å²) in [5, 5.41) is 5.47. The van der Waals surface area contributed by atoms with Gasteiger partial charge in [-0.25, -0.2) is 4.79 Å². The molecule has 0 saturated heterocycles. The number of fused-ring (bicyclic) bond motifs is 1. The standard InChI is InChI=1S/C13H15N3O2/c14-13(17)18-6-5-15-8-11-9-16-7-10-3-1-2-4-12(10)11/h1-4,7,9,15H,5-6,8H2,(H2,14,17). The van der Waals surface area contributed by atoms with Crippen molar-refractivity contribution < 1.29 is 9.53 Å². The number of primary amides is 1. The number of nitrogens with two attached hydrogens (primary N) is 1. The number of pyridine rings is 1. The SMILES string of the molecule is NC(=O)OCCNCc1cncc2ccccc12. The van der Waals surface area contributed by atoms with Crippen LogP contribution in [0.1, 0.15) is 5.56 Å². The molecule has 1 aromatic heterocycles. The summed E-state index contributed by atoms with van der Waals surface area (Å²) in [5.74, 6) is 0.